The fourth-order valence-electron chi connectivity index (χ4n) is 3.62. The minimum absolute atomic E-state index is 0.0678. The number of benzene rings is 2. The third-order valence-electron chi connectivity index (χ3n) is 5.00. The predicted octanol–water partition coefficient (Wildman–Crippen LogP) is 4.15. The third kappa shape index (κ3) is 3.03. The fraction of sp³-hybridized carbons (Fsp3) is 0.182. The molecule has 0 saturated heterocycles. The summed E-state index contributed by atoms with van der Waals surface area (Å²) in [4.78, 5) is 19.2. The van der Waals surface area contributed by atoms with Gasteiger partial charge in [0.05, 0.1) is 11.9 Å². The average Bonchev–Trinajstić information content (AvgIpc) is 3.21. The number of hydrogen-bond donors (Lipinski definition) is 1. The van der Waals surface area contributed by atoms with Gasteiger partial charge < -0.3 is 19.7 Å². The minimum atomic E-state index is -0.0678. The van der Waals surface area contributed by atoms with Crippen LogP contribution in [0.4, 0.5) is 17.1 Å². The molecule has 3 heterocycles. The van der Waals surface area contributed by atoms with Gasteiger partial charge in [-0.15, -0.1) is 0 Å². The molecule has 2 aliphatic heterocycles. The van der Waals surface area contributed by atoms with Crippen molar-refractivity contribution in [2.75, 3.05) is 23.6 Å². The van der Waals surface area contributed by atoms with Gasteiger partial charge in [-0.1, -0.05) is 18.2 Å². The SMILES string of the molecule is O=C(c1ccc(Nc2ccc3c(c2)OCO3)cn1)N1CCCc2ccccc21. The van der Waals surface area contributed by atoms with Crippen molar-refractivity contribution in [1.29, 1.82) is 0 Å². The lowest BCUT2D eigenvalue weighted by Crippen LogP contribution is -2.35. The molecule has 6 heteroatoms. The standard InChI is InChI=1S/C22H19N3O3/c26-22(25-11-3-5-15-4-1-2-6-19(15)25)18-9-7-17(13-23-18)24-16-8-10-20-21(12-16)28-14-27-20/h1-2,4,6-10,12-13,24H,3,5,11,14H2. The van der Waals surface area contributed by atoms with E-state index in [0.717, 1.165) is 35.7 Å². The second kappa shape index (κ2) is 6.88. The molecule has 0 radical (unpaired) electrons. The molecule has 3 aromatic rings. The first-order valence-corrected chi connectivity index (χ1v) is 9.30. The highest BCUT2D eigenvalue weighted by atomic mass is 16.7. The molecule has 0 bridgehead atoms. The van der Waals surface area contributed by atoms with Gasteiger partial charge in [0.15, 0.2) is 11.5 Å². The van der Waals surface area contributed by atoms with Crippen molar-refractivity contribution in [2.24, 2.45) is 0 Å². The molecule has 2 aliphatic rings. The van der Waals surface area contributed by atoms with Gasteiger partial charge in [0.1, 0.15) is 5.69 Å². The number of hydrogen-bond acceptors (Lipinski definition) is 5. The third-order valence-corrected chi connectivity index (χ3v) is 5.00. The Morgan fingerprint density at radius 1 is 1.00 bits per heavy atom. The largest absolute Gasteiger partial charge is 0.454 e. The first-order chi connectivity index (χ1) is 13.8. The lowest BCUT2D eigenvalue weighted by molar-refractivity contribution is 0.0980. The van der Waals surface area contributed by atoms with E-state index in [1.54, 1.807) is 12.3 Å². The summed E-state index contributed by atoms with van der Waals surface area (Å²) in [5, 5.41) is 3.27. The Labute approximate surface area is 162 Å². The van der Waals surface area contributed by atoms with Gasteiger partial charge in [0.25, 0.3) is 5.91 Å². The maximum atomic E-state index is 13.0. The zero-order chi connectivity index (χ0) is 18.9. The van der Waals surface area contributed by atoms with Crippen LogP contribution in [0.5, 0.6) is 11.5 Å². The number of aryl methyl sites for hydroxylation is 1. The van der Waals surface area contributed by atoms with Crippen LogP contribution in [0.15, 0.2) is 60.8 Å². The molecule has 0 aliphatic carbocycles. The summed E-state index contributed by atoms with van der Waals surface area (Å²) in [5.74, 6) is 1.39. The number of ether oxygens (including phenoxy) is 2. The second-order valence-electron chi connectivity index (χ2n) is 6.81. The van der Waals surface area contributed by atoms with Crippen LogP contribution >= 0.6 is 0 Å². The summed E-state index contributed by atoms with van der Waals surface area (Å²) in [6, 6.07) is 17.4. The number of nitrogens with zero attached hydrogens (tertiary/aromatic N) is 2. The van der Waals surface area contributed by atoms with Crippen molar-refractivity contribution in [3.05, 3.63) is 72.1 Å². The molecule has 0 spiro atoms. The van der Waals surface area contributed by atoms with Gasteiger partial charge in [-0.25, -0.2) is 4.98 Å². The van der Waals surface area contributed by atoms with Gasteiger partial charge in [-0.3, -0.25) is 4.79 Å². The first-order valence-electron chi connectivity index (χ1n) is 9.30. The smallest absolute Gasteiger partial charge is 0.276 e. The second-order valence-corrected chi connectivity index (χ2v) is 6.81. The van der Waals surface area contributed by atoms with Crippen LogP contribution in [0.25, 0.3) is 0 Å². The van der Waals surface area contributed by atoms with E-state index < -0.39 is 0 Å². The van der Waals surface area contributed by atoms with Gasteiger partial charge in [-0.05, 0) is 48.7 Å². The number of pyridine rings is 1. The van der Waals surface area contributed by atoms with Crippen LogP contribution in [0.2, 0.25) is 0 Å². The number of nitrogens with one attached hydrogen (secondary N) is 1. The van der Waals surface area contributed by atoms with Crippen molar-refractivity contribution in [3.63, 3.8) is 0 Å². The number of rotatable bonds is 3. The molecule has 140 valence electrons. The van der Waals surface area contributed by atoms with Crippen molar-refractivity contribution in [2.45, 2.75) is 12.8 Å². The van der Waals surface area contributed by atoms with Gasteiger partial charge in [-0.2, -0.15) is 0 Å². The van der Waals surface area contributed by atoms with E-state index >= 15 is 0 Å². The van der Waals surface area contributed by atoms with Crippen molar-refractivity contribution in [3.8, 4) is 11.5 Å². The van der Waals surface area contributed by atoms with Crippen molar-refractivity contribution < 1.29 is 14.3 Å². The fourth-order valence-corrected chi connectivity index (χ4v) is 3.62. The zero-order valence-electron chi connectivity index (χ0n) is 15.2. The van der Waals surface area contributed by atoms with Crippen LogP contribution in [0.3, 0.4) is 0 Å². The highest BCUT2D eigenvalue weighted by Gasteiger charge is 2.24. The van der Waals surface area contributed by atoms with E-state index in [4.69, 9.17) is 9.47 Å². The molecule has 0 fully saturated rings. The Kier molecular flexibility index (Phi) is 4.09. The lowest BCUT2D eigenvalue weighted by Gasteiger charge is -2.29. The number of carbonyl (C=O) groups is 1. The highest BCUT2D eigenvalue weighted by Crippen LogP contribution is 2.35. The zero-order valence-corrected chi connectivity index (χ0v) is 15.2. The molecule has 28 heavy (non-hydrogen) atoms. The Morgan fingerprint density at radius 3 is 2.75 bits per heavy atom. The number of para-hydroxylation sites is 1. The quantitative estimate of drug-likeness (QED) is 0.747. The van der Waals surface area contributed by atoms with Gasteiger partial charge in [0, 0.05) is 24.0 Å². The van der Waals surface area contributed by atoms with E-state index in [2.05, 4.69) is 16.4 Å². The molecular weight excluding hydrogens is 354 g/mol. The highest BCUT2D eigenvalue weighted by molar-refractivity contribution is 6.05. The molecule has 1 N–H and O–H groups in total. The number of amides is 1. The maximum Gasteiger partial charge on any atom is 0.276 e. The molecule has 6 nitrogen and oxygen atoms in total. The summed E-state index contributed by atoms with van der Waals surface area (Å²) >= 11 is 0. The molecule has 1 amide bonds. The molecule has 2 aromatic carbocycles. The predicted molar refractivity (Wildman–Crippen MR) is 107 cm³/mol. The van der Waals surface area contributed by atoms with Crippen LogP contribution in [-0.4, -0.2) is 24.2 Å². The van der Waals surface area contributed by atoms with Crippen molar-refractivity contribution >= 4 is 23.0 Å². The molecule has 1 aromatic heterocycles. The summed E-state index contributed by atoms with van der Waals surface area (Å²) < 4.78 is 10.7. The van der Waals surface area contributed by atoms with E-state index in [1.165, 1.54) is 5.56 Å². The first kappa shape index (κ1) is 16.6. The number of aromatic nitrogens is 1. The van der Waals surface area contributed by atoms with Crippen LogP contribution < -0.4 is 19.7 Å². The van der Waals surface area contributed by atoms with E-state index in [-0.39, 0.29) is 12.7 Å². The van der Waals surface area contributed by atoms with Crippen LogP contribution in [0, 0.1) is 0 Å². The maximum absolute atomic E-state index is 13.0. The summed E-state index contributed by atoms with van der Waals surface area (Å²) in [6.07, 6.45) is 3.64. The molecule has 5 rings (SSSR count). The summed E-state index contributed by atoms with van der Waals surface area (Å²) in [5.41, 5.74) is 4.31. The van der Waals surface area contributed by atoms with Gasteiger partial charge >= 0.3 is 0 Å². The molecular formula is C22H19N3O3. The molecule has 0 saturated carbocycles. The Balaban J connectivity index is 1.33. The Morgan fingerprint density at radius 2 is 1.86 bits per heavy atom. The van der Waals surface area contributed by atoms with E-state index in [1.807, 2.05) is 47.4 Å². The number of anilines is 3. The number of carbonyl (C=O) groups excluding carboxylic acids is 1. The topological polar surface area (TPSA) is 63.7 Å². The molecule has 0 atom stereocenters. The van der Waals surface area contributed by atoms with Gasteiger partial charge in [0.2, 0.25) is 6.79 Å². The normalized spacial score (nSPS) is 14.5. The Hall–Kier alpha value is -3.54. The summed E-state index contributed by atoms with van der Waals surface area (Å²) in [6.45, 7) is 0.964. The van der Waals surface area contributed by atoms with E-state index in [0.29, 0.717) is 18.0 Å². The van der Waals surface area contributed by atoms with Crippen LogP contribution in [-0.2, 0) is 6.42 Å². The van der Waals surface area contributed by atoms with Crippen LogP contribution in [0.1, 0.15) is 22.5 Å². The lowest BCUT2D eigenvalue weighted by atomic mass is 10.0. The monoisotopic (exact) mass is 373 g/mol. The average molecular weight is 373 g/mol. The van der Waals surface area contributed by atoms with E-state index in [9.17, 15) is 4.79 Å². The van der Waals surface area contributed by atoms with Crippen molar-refractivity contribution in [1.82, 2.24) is 4.98 Å². The Bertz CT molecular complexity index is 1030. The molecule has 0 unspecified atom stereocenters. The minimum Gasteiger partial charge on any atom is -0.454 e. The summed E-state index contributed by atoms with van der Waals surface area (Å²) in [7, 11) is 0. The number of fused-ring (bicyclic) bond motifs is 2.